The lowest BCUT2D eigenvalue weighted by atomic mass is 10.2. The Morgan fingerprint density at radius 3 is 2.24 bits per heavy atom. The number of hydrogen-bond donors (Lipinski definition) is 1. The monoisotopic (exact) mass is 261 g/mol. The third-order valence-corrected chi connectivity index (χ3v) is 4.49. The van der Waals surface area contributed by atoms with Gasteiger partial charge in [-0.05, 0) is 43.4 Å². The first kappa shape index (κ1) is 12.6. The molecule has 0 unspecified atom stereocenters. The Morgan fingerprint density at radius 1 is 1.24 bits per heavy atom. The largest absolute Gasteiger partial charge is 0.416 e. The van der Waals surface area contributed by atoms with Crippen molar-refractivity contribution in [3.63, 3.8) is 0 Å². The van der Waals surface area contributed by atoms with E-state index in [4.69, 9.17) is 0 Å². The van der Waals surface area contributed by atoms with Crippen LogP contribution in [0.25, 0.3) is 0 Å². The van der Waals surface area contributed by atoms with Crippen molar-refractivity contribution in [3.8, 4) is 0 Å². The first-order valence-corrected chi connectivity index (χ1v) is 6.64. The molecule has 0 spiro atoms. The Kier molecular flexibility index (Phi) is 3.30. The Labute approximate surface area is 103 Å². The van der Waals surface area contributed by atoms with Gasteiger partial charge in [0, 0.05) is 17.0 Å². The van der Waals surface area contributed by atoms with Crippen LogP contribution in [0.3, 0.4) is 0 Å². The molecular weight excluding hydrogens is 247 g/mol. The van der Waals surface area contributed by atoms with E-state index >= 15 is 0 Å². The summed E-state index contributed by atoms with van der Waals surface area (Å²) >= 11 is 1.82. The summed E-state index contributed by atoms with van der Waals surface area (Å²) in [5.41, 5.74) is 0.146. The molecule has 1 nitrogen and oxygen atoms in total. The quantitative estimate of drug-likeness (QED) is 0.878. The molecule has 1 aliphatic rings. The average molecular weight is 261 g/mol. The summed E-state index contributed by atoms with van der Waals surface area (Å²) in [6, 6.07) is 5.19. The van der Waals surface area contributed by atoms with E-state index in [1.54, 1.807) is 0 Å². The minimum absolute atomic E-state index is 0.308. The predicted octanol–water partition coefficient (Wildman–Crippen LogP) is 4.01. The molecule has 1 saturated carbocycles. The molecule has 94 valence electrons. The molecule has 0 atom stereocenters. The molecule has 1 aromatic carbocycles. The van der Waals surface area contributed by atoms with Crippen LogP contribution in [-0.4, -0.2) is 17.5 Å². The van der Waals surface area contributed by atoms with Crippen LogP contribution in [0.15, 0.2) is 24.3 Å². The molecule has 0 aromatic heterocycles. The van der Waals surface area contributed by atoms with Crippen molar-refractivity contribution in [3.05, 3.63) is 29.8 Å². The summed E-state index contributed by atoms with van der Waals surface area (Å²) in [4.78, 5) is 0. The van der Waals surface area contributed by atoms with Crippen LogP contribution in [0.5, 0.6) is 0 Å². The molecule has 1 aliphatic carbocycles. The maximum absolute atomic E-state index is 12.3. The highest BCUT2D eigenvalue weighted by Gasteiger charge is 2.41. The fourth-order valence-electron chi connectivity index (χ4n) is 1.63. The van der Waals surface area contributed by atoms with Crippen molar-refractivity contribution in [2.24, 2.45) is 0 Å². The zero-order chi connectivity index (χ0) is 12.5. The summed E-state index contributed by atoms with van der Waals surface area (Å²) in [6.45, 7) is 0.819. The van der Waals surface area contributed by atoms with Gasteiger partial charge in [-0.15, -0.1) is 0 Å². The van der Waals surface area contributed by atoms with Crippen molar-refractivity contribution in [2.45, 2.75) is 23.8 Å². The first-order chi connectivity index (χ1) is 7.95. The third-order valence-electron chi connectivity index (χ3n) is 3.07. The average Bonchev–Trinajstić information content (AvgIpc) is 3.06. The normalized spacial score (nSPS) is 17.9. The second kappa shape index (κ2) is 4.44. The maximum Gasteiger partial charge on any atom is 0.416 e. The lowest BCUT2D eigenvalue weighted by molar-refractivity contribution is -0.137. The highest BCUT2D eigenvalue weighted by Crippen LogP contribution is 2.47. The van der Waals surface area contributed by atoms with Crippen LogP contribution in [-0.2, 0) is 6.18 Å². The zero-order valence-corrected chi connectivity index (χ0v) is 10.3. The smallest absolute Gasteiger partial charge is 0.384 e. The van der Waals surface area contributed by atoms with E-state index in [9.17, 15) is 13.2 Å². The summed E-state index contributed by atoms with van der Waals surface area (Å²) < 4.78 is 37.3. The molecule has 0 amide bonds. The van der Waals surface area contributed by atoms with Crippen LogP contribution < -0.4 is 5.32 Å². The number of thioether (sulfide) groups is 1. The molecule has 2 rings (SSSR count). The third kappa shape index (κ3) is 3.09. The summed E-state index contributed by atoms with van der Waals surface area (Å²) in [6.07, 6.45) is 0.181. The molecule has 0 bridgehead atoms. The van der Waals surface area contributed by atoms with Crippen molar-refractivity contribution < 1.29 is 13.2 Å². The number of alkyl halides is 3. The minimum atomic E-state index is -4.25. The van der Waals surface area contributed by atoms with Crippen molar-refractivity contribution in [1.29, 1.82) is 0 Å². The summed E-state index contributed by atoms with van der Waals surface area (Å²) in [7, 11) is 0. The van der Waals surface area contributed by atoms with Crippen molar-refractivity contribution in [1.82, 2.24) is 0 Å². The molecule has 17 heavy (non-hydrogen) atoms. The standard InChI is InChI=1S/C12H14F3NS/c1-17-11(6-7-11)8-16-10-4-2-9(3-5-10)12(13,14)15/h2-5,16H,6-8H2,1H3. The van der Waals surface area contributed by atoms with Gasteiger partial charge in [0.1, 0.15) is 0 Å². The van der Waals surface area contributed by atoms with E-state index in [0.717, 1.165) is 24.4 Å². The Balaban J connectivity index is 1.94. The molecule has 1 fully saturated rings. The Bertz CT molecular complexity index is 382. The highest BCUT2D eigenvalue weighted by atomic mass is 32.2. The first-order valence-electron chi connectivity index (χ1n) is 5.41. The number of halogens is 3. The molecule has 1 aromatic rings. The molecular formula is C12H14F3NS. The summed E-state index contributed by atoms with van der Waals surface area (Å²) in [5, 5.41) is 3.19. The Hall–Kier alpha value is -0.840. The molecule has 0 heterocycles. The SMILES string of the molecule is CSC1(CNc2ccc(C(F)(F)F)cc2)CC1. The van der Waals surface area contributed by atoms with Gasteiger partial charge >= 0.3 is 6.18 Å². The van der Waals surface area contributed by atoms with Crippen LogP contribution in [0.4, 0.5) is 18.9 Å². The van der Waals surface area contributed by atoms with Gasteiger partial charge in [-0.2, -0.15) is 24.9 Å². The van der Waals surface area contributed by atoms with Gasteiger partial charge in [-0.25, -0.2) is 0 Å². The number of benzene rings is 1. The van der Waals surface area contributed by atoms with Gasteiger partial charge in [-0.3, -0.25) is 0 Å². The van der Waals surface area contributed by atoms with Gasteiger partial charge in [0.25, 0.3) is 0 Å². The molecule has 1 N–H and O–H groups in total. The van der Waals surface area contributed by atoms with Crippen molar-refractivity contribution >= 4 is 17.4 Å². The van der Waals surface area contributed by atoms with E-state index in [0.29, 0.717) is 4.75 Å². The second-order valence-corrected chi connectivity index (χ2v) is 5.59. The predicted molar refractivity (Wildman–Crippen MR) is 65.4 cm³/mol. The van der Waals surface area contributed by atoms with E-state index in [1.165, 1.54) is 25.0 Å². The van der Waals surface area contributed by atoms with Crippen LogP contribution in [0, 0.1) is 0 Å². The molecule has 0 saturated heterocycles. The summed E-state index contributed by atoms with van der Waals surface area (Å²) in [5.74, 6) is 0. The fourth-order valence-corrected chi connectivity index (χ4v) is 2.36. The molecule has 5 heteroatoms. The van der Waals surface area contributed by atoms with Gasteiger partial charge < -0.3 is 5.32 Å². The number of rotatable bonds is 4. The van der Waals surface area contributed by atoms with Gasteiger partial charge in [-0.1, -0.05) is 0 Å². The zero-order valence-electron chi connectivity index (χ0n) is 9.47. The van der Waals surface area contributed by atoms with Gasteiger partial charge in [0.15, 0.2) is 0 Å². The van der Waals surface area contributed by atoms with Crippen LogP contribution in [0.2, 0.25) is 0 Å². The van der Waals surface area contributed by atoms with Gasteiger partial charge in [0.2, 0.25) is 0 Å². The lowest BCUT2D eigenvalue weighted by Crippen LogP contribution is -2.17. The number of nitrogens with one attached hydrogen (secondary N) is 1. The van der Waals surface area contributed by atoms with Crippen molar-refractivity contribution in [2.75, 3.05) is 18.1 Å². The maximum atomic E-state index is 12.3. The van der Waals surface area contributed by atoms with E-state index < -0.39 is 11.7 Å². The van der Waals surface area contributed by atoms with E-state index in [2.05, 4.69) is 11.6 Å². The lowest BCUT2D eigenvalue weighted by Gasteiger charge is -2.14. The van der Waals surface area contributed by atoms with Crippen LogP contribution >= 0.6 is 11.8 Å². The number of anilines is 1. The minimum Gasteiger partial charge on any atom is -0.384 e. The topological polar surface area (TPSA) is 12.0 Å². The highest BCUT2D eigenvalue weighted by molar-refractivity contribution is 8.00. The number of hydrogen-bond acceptors (Lipinski definition) is 2. The van der Waals surface area contributed by atoms with Gasteiger partial charge in [0.05, 0.1) is 5.56 Å². The van der Waals surface area contributed by atoms with Crippen LogP contribution in [0.1, 0.15) is 18.4 Å². The Morgan fingerprint density at radius 2 is 1.82 bits per heavy atom. The molecule has 0 aliphatic heterocycles. The van der Waals surface area contributed by atoms with E-state index in [1.807, 2.05) is 11.8 Å². The molecule has 0 radical (unpaired) electrons. The fraction of sp³-hybridized carbons (Fsp3) is 0.500. The second-order valence-electron chi connectivity index (χ2n) is 4.32. The van der Waals surface area contributed by atoms with E-state index in [-0.39, 0.29) is 0 Å².